The van der Waals surface area contributed by atoms with Crippen LogP contribution in [0.1, 0.15) is 6.42 Å². The van der Waals surface area contributed by atoms with Crippen molar-refractivity contribution in [1.29, 1.82) is 0 Å². The lowest BCUT2D eigenvalue weighted by Crippen LogP contribution is -2.50. The van der Waals surface area contributed by atoms with Crippen LogP contribution in [-0.2, 0) is 13.8 Å². The molecule has 15 heavy (non-hydrogen) atoms. The minimum atomic E-state index is -4.65. The summed E-state index contributed by atoms with van der Waals surface area (Å²) in [6.45, 7) is -0.612. The molecule has 90 valence electrons. The maximum absolute atomic E-state index is 10.4. The number of aliphatic hydroxyl groups excluding tert-OH is 3. The van der Waals surface area contributed by atoms with Crippen molar-refractivity contribution in [2.45, 2.75) is 31.0 Å². The van der Waals surface area contributed by atoms with Crippen molar-refractivity contribution in [2.75, 3.05) is 6.61 Å². The van der Waals surface area contributed by atoms with Crippen LogP contribution in [0.2, 0.25) is 0 Å². The summed E-state index contributed by atoms with van der Waals surface area (Å²) < 4.78 is 19.2. The Balaban J connectivity index is 2.49. The van der Waals surface area contributed by atoms with Gasteiger partial charge in [0.1, 0.15) is 12.2 Å². The van der Waals surface area contributed by atoms with Crippen LogP contribution in [0.3, 0.4) is 0 Å². The van der Waals surface area contributed by atoms with Gasteiger partial charge in [-0.1, -0.05) is 0 Å². The fourth-order valence-electron chi connectivity index (χ4n) is 1.24. The molecule has 5 N–H and O–H groups in total. The molecule has 0 bridgehead atoms. The summed E-state index contributed by atoms with van der Waals surface area (Å²) >= 11 is 0. The largest absolute Gasteiger partial charge is 0.469 e. The first-order chi connectivity index (χ1) is 6.79. The van der Waals surface area contributed by atoms with Crippen molar-refractivity contribution in [2.24, 2.45) is 0 Å². The summed E-state index contributed by atoms with van der Waals surface area (Å²) in [4.78, 5) is 16.8. The summed E-state index contributed by atoms with van der Waals surface area (Å²) in [5.74, 6) is 0. The lowest BCUT2D eigenvalue weighted by atomic mass is 10.0. The highest BCUT2D eigenvalue weighted by atomic mass is 31.2. The maximum atomic E-state index is 10.4. The summed E-state index contributed by atoms with van der Waals surface area (Å²) in [5.41, 5.74) is 0. The second-order valence-corrected chi connectivity index (χ2v) is 4.45. The molecule has 0 aliphatic carbocycles. The molecular weight excluding hydrogens is 231 g/mol. The first-order valence-corrected chi connectivity index (χ1v) is 5.72. The van der Waals surface area contributed by atoms with Gasteiger partial charge in [-0.05, 0) is 0 Å². The third-order valence-electron chi connectivity index (χ3n) is 1.96. The Hall–Kier alpha value is -0.0500. The van der Waals surface area contributed by atoms with Gasteiger partial charge in [-0.25, -0.2) is 4.57 Å². The normalized spacial score (nSPS) is 37.9. The van der Waals surface area contributed by atoms with Crippen LogP contribution in [0.25, 0.3) is 0 Å². The average Bonchev–Trinajstić information content (AvgIpc) is 2.07. The van der Waals surface area contributed by atoms with Crippen LogP contribution in [0.15, 0.2) is 0 Å². The first-order valence-electron chi connectivity index (χ1n) is 4.19. The molecule has 0 spiro atoms. The van der Waals surface area contributed by atoms with E-state index in [1.54, 1.807) is 0 Å². The van der Waals surface area contributed by atoms with Gasteiger partial charge < -0.3 is 29.8 Å². The van der Waals surface area contributed by atoms with E-state index in [-0.39, 0.29) is 6.42 Å². The Kier molecular flexibility index (Phi) is 4.21. The molecule has 8 nitrogen and oxygen atoms in total. The molecule has 0 aromatic heterocycles. The number of phosphoric acid groups is 1. The molecule has 1 heterocycles. The van der Waals surface area contributed by atoms with E-state index >= 15 is 0 Å². The molecule has 0 amide bonds. The summed E-state index contributed by atoms with van der Waals surface area (Å²) in [5, 5.41) is 27.6. The lowest BCUT2D eigenvalue weighted by Gasteiger charge is -2.34. The highest BCUT2D eigenvalue weighted by Gasteiger charge is 2.37. The van der Waals surface area contributed by atoms with E-state index in [9.17, 15) is 14.8 Å². The Labute approximate surface area is 85.3 Å². The van der Waals surface area contributed by atoms with Crippen molar-refractivity contribution in [1.82, 2.24) is 0 Å². The zero-order valence-corrected chi connectivity index (χ0v) is 8.53. The van der Waals surface area contributed by atoms with Crippen molar-refractivity contribution in [3.8, 4) is 0 Å². The number of hydrogen-bond acceptors (Lipinski definition) is 6. The molecule has 4 atom stereocenters. The Morgan fingerprint density at radius 1 is 1.33 bits per heavy atom. The number of ether oxygens (including phenoxy) is 1. The number of rotatable bonds is 3. The van der Waals surface area contributed by atoms with Gasteiger partial charge in [-0.3, -0.25) is 4.52 Å². The van der Waals surface area contributed by atoms with Crippen LogP contribution in [-0.4, -0.2) is 56.3 Å². The van der Waals surface area contributed by atoms with E-state index in [0.29, 0.717) is 0 Å². The molecule has 1 aliphatic heterocycles. The van der Waals surface area contributed by atoms with Crippen molar-refractivity contribution < 1.29 is 38.9 Å². The molecular formula is C6H13O8P. The topological polar surface area (TPSA) is 137 Å². The summed E-state index contributed by atoms with van der Waals surface area (Å²) in [7, 11) is -4.65. The van der Waals surface area contributed by atoms with Gasteiger partial charge in [0.25, 0.3) is 0 Å². The summed E-state index contributed by atoms with van der Waals surface area (Å²) in [6.07, 6.45) is -5.17. The molecule has 9 heteroatoms. The average molecular weight is 244 g/mol. The van der Waals surface area contributed by atoms with Crippen LogP contribution >= 0.6 is 7.82 Å². The third kappa shape index (κ3) is 4.13. The molecule has 0 radical (unpaired) electrons. The maximum Gasteiger partial charge on any atom is 0.469 e. The Morgan fingerprint density at radius 2 is 1.93 bits per heavy atom. The highest BCUT2D eigenvalue weighted by molar-refractivity contribution is 7.46. The van der Waals surface area contributed by atoms with Gasteiger partial charge >= 0.3 is 7.82 Å². The van der Waals surface area contributed by atoms with Crippen LogP contribution in [0.4, 0.5) is 0 Å². The molecule has 0 saturated carbocycles. The smallest absolute Gasteiger partial charge is 0.390 e. The van der Waals surface area contributed by atoms with Gasteiger partial charge in [-0.2, -0.15) is 0 Å². The zero-order chi connectivity index (χ0) is 11.6. The van der Waals surface area contributed by atoms with E-state index in [4.69, 9.17) is 19.6 Å². The Bertz CT molecular complexity index is 252. The zero-order valence-electron chi connectivity index (χ0n) is 7.63. The SMILES string of the molecule is O=P(O)(O)OCC1OC(O)CC(O)C1O. The van der Waals surface area contributed by atoms with Gasteiger partial charge in [-0.15, -0.1) is 0 Å². The highest BCUT2D eigenvalue weighted by Crippen LogP contribution is 2.36. The molecule has 0 aromatic rings. The number of hydrogen-bond donors (Lipinski definition) is 5. The molecule has 1 saturated heterocycles. The van der Waals surface area contributed by atoms with Crippen molar-refractivity contribution in [3.63, 3.8) is 0 Å². The first kappa shape index (κ1) is 13.0. The van der Waals surface area contributed by atoms with Gasteiger partial charge in [0.2, 0.25) is 0 Å². The van der Waals surface area contributed by atoms with Gasteiger partial charge in [0.05, 0.1) is 12.7 Å². The van der Waals surface area contributed by atoms with E-state index in [2.05, 4.69) is 4.52 Å². The number of phosphoric ester groups is 1. The lowest BCUT2D eigenvalue weighted by molar-refractivity contribution is -0.238. The summed E-state index contributed by atoms with van der Waals surface area (Å²) in [6, 6.07) is 0. The van der Waals surface area contributed by atoms with E-state index in [1.807, 2.05) is 0 Å². The Morgan fingerprint density at radius 3 is 2.47 bits per heavy atom. The second-order valence-electron chi connectivity index (χ2n) is 3.21. The van der Waals surface area contributed by atoms with E-state index in [1.165, 1.54) is 0 Å². The fraction of sp³-hybridized carbons (Fsp3) is 1.00. The quantitative estimate of drug-likeness (QED) is 0.357. The molecule has 1 fully saturated rings. The monoisotopic (exact) mass is 244 g/mol. The molecule has 1 aliphatic rings. The number of aliphatic hydroxyl groups is 3. The van der Waals surface area contributed by atoms with Crippen molar-refractivity contribution in [3.05, 3.63) is 0 Å². The minimum absolute atomic E-state index is 0.159. The van der Waals surface area contributed by atoms with Crippen LogP contribution in [0, 0.1) is 0 Å². The van der Waals surface area contributed by atoms with Crippen molar-refractivity contribution >= 4 is 7.82 Å². The van der Waals surface area contributed by atoms with E-state index in [0.717, 1.165) is 0 Å². The predicted octanol–water partition coefficient (Wildman–Crippen LogP) is -2.08. The predicted molar refractivity (Wildman–Crippen MR) is 45.5 cm³/mol. The third-order valence-corrected chi connectivity index (χ3v) is 2.44. The molecule has 0 aromatic carbocycles. The fourth-order valence-corrected chi connectivity index (χ4v) is 1.58. The second kappa shape index (κ2) is 4.86. The molecule has 4 unspecified atom stereocenters. The molecule has 1 rings (SSSR count). The van der Waals surface area contributed by atoms with E-state index < -0.39 is 39.0 Å². The minimum Gasteiger partial charge on any atom is -0.390 e. The standard InChI is InChI=1S/C6H13O8P/c7-3-1-5(8)14-4(6(3)9)2-13-15(10,11)12/h3-9H,1-2H2,(H2,10,11,12). The van der Waals surface area contributed by atoms with Crippen LogP contribution in [0.5, 0.6) is 0 Å². The van der Waals surface area contributed by atoms with Gasteiger partial charge in [0.15, 0.2) is 6.29 Å². The van der Waals surface area contributed by atoms with Crippen LogP contribution < -0.4 is 0 Å². The van der Waals surface area contributed by atoms with Gasteiger partial charge in [0, 0.05) is 6.42 Å².